The lowest BCUT2D eigenvalue weighted by atomic mass is 9.92. The maximum atomic E-state index is 11.8. The van der Waals surface area contributed by atoms with E-state index in [4.69, 9.17) is 10.00 Å². The molecule has 0 aromatic heterocycles. The number of amides is 1. The molecule has 0 saturated carbocycles. The largest absolute Gasteiger partial charge is 0.376 e. The molecule has 15 heavy (non-hydrogen) atoms. The fourth-order valence-electron chi connectivity index (χ4n) is 2.47. The van der Waals surface area contributed by atoms with Crippen LogP contribution in [0.2, 0.25) is 0 Å². The Labute approximate surface area is 89.8 Å². The van der Waals surface area contributed by atoms with Gasteiger partial charge in [-0.15, -0.1) is 0 Å². The highest BCUT2D eigenvalue weighted by molar-refractivity contribution is 5.80. The summed E-state index contributed by atoms with van der Waals surface area (Å²) in [6.07, 6.45) is 1.32. The third-order valence-electron chi connectivity index (χ3n) is 3.78. The van der Waals surface area contributed by atoms with E-state index in [2.05, 4.69) is 13.0 Å². The topological polar surface area (TPSA) is 53.3 Å². The van der Waals surface area contributed by atoms with Crippen LogP contribution in [0.25, 0.3) is 0 Å². The van der Waals surface area contributed by atoms with Crippen LogP contribution in [0.5, 0.6) is 0 Å². The number of likely N-dealkylation sites (tertiary alicyclic amines) is 1. The Kier molecular flexibility index (Phi) is 2.43. The number of hydrogen-bond donors (Lipinski definition) is 0. The highest BCUT2D eigenvalue weighted by Gasteiger charge is 2.47. The minimum Gasteiger partial charge on any atom is -0.376 e. The average molecular weight is 208 g/mol. The molecule has 3 unspecified atom stereocenters. The van der Waals surface area contributed by atoms with Gasteiger partial charge in [0.25, 0.3) is 0 Å². The molecule has 82 valence electrons. The summed E-state index contributed by atoms with van der Waals surface area (Å²) in [5, 5.41) is 8.83. The first-order valence-corrected chi connectivity index (χ1v) is 5.39. The van der Waals surface area contributed by atoms with E-state index in [1.807, 2.05) is 11.8 Å². The summed E-state index contributed by atoms with van der Waals surface area (Å²) in [5.74, 6) is -0.0384. The predicted molar refractivity (Wildman–Crippen MR) is 53.9 cm³/mol. The monoisotopic (exact) mass is 208 g/mol. The molecule has 0 spiro atoms. The molecule has 2 rings (SSSR count). The number of carbonyl (C=O) groups excluding carboxylic acids is 1. The lowest BCUT2D eigenvalue weighted by Crippen LogP contribution is -2.51. The summed E-state index contributed by atoms with van der Waals surface area (Å²) in [6, 6.07) is 2.18. The van der Waals surface area contributed by atoms with Crippen LogP contribution in [0.15, 0.2) is 0 Å². The molecular weight excluding hydrogens is 192 g/mol. The van der Waals surface area contributed by atoms with Gasteiger partial charge in [0.2, 0.25) is 5.91 Å². The highest BCUT2D eigenvalue weighted by Crippen LogP contribution is 2.35. The zero-order valence-corrected chi connectivity index (χ0v) is 9.19. The molecule has 0 radical (unpaired) electrons. The van der Waals surface area contributed by atoms with Crippen molar-refractivity contribution in [2.45, 2.75) is 38.3 Å². The van der Waals surface area contributed by atoms with Gasteiger partial charge < -0.3 is 9.64 Å². The van der Waals surface area contributed by atoms with E-state index in [0.717, 1.165) is 6.42 Å². The van der Waals surface area contributed by atoms with E-state index in [-0.39, 0.29) is 23.5 Å². The normalized spacial score (nSPS) is 40.9. The van der Waals surface area contributed by atoms with Crippen molar-refractivity contribution in [1.82, 2.24) is 4.90 Å². The standard InChI is InChI=1S/C11H16N2O2/c1-8-11(2,3-4-15-8)13-7-9(6-12)5-10(13)14/h8-9H,3-5,7H2,1-2H3. The number of hydrogen-bond acceptors (Lipinski definition) is 3. The molecular formula is C11H16N2O2. The predicted octanol–water partition coefficient (Wildman–Crippen LogP) is 0.926. The maximum absolute atomic E-state index is 11.8. The summed E-state index contributed by atoms with van der Waals surface area (Å²) in [7, 11) is 0. The van der Waals surface area contributed by atoms with Crippen molar-refractivity contribution in [3.8, 4) is 6.07 Å². The fraction of sp³-hybridized carbons (Fsp3) is 0.818. The first-order chi connectivity index (χ1) is 7.08. The van der Waals surface area contributed by atoms with E-state index in [1.165, 1.54) is 0 Å². The minimum absolute atomic E-state index is 0.0684. The Balaban J connectivity index is 2.18. The van der Waals surface area contributed by atoms with Crippen LogP contribution in [0.3, 0.4) is 0 Å². The van der Waals surface area contributed by atoms with Crippen LogP contribution in [0.1, 0.15) is 26.7 Å². The van der Waals surface area contributed by atoms with Gasteiger partial charge in [0.15, 0.2) is 0 Å². The number of nitrogens with zero attached hydrogens (tertiary/aromatic N) is 2. The Morgan fingerprint density at radius 3 is 2.87 bits per heavy atom. The van der Waals surface area contributed by atoms with Crippen molar-refractivity contribution in [3.05, 3.63) is 0 Å². The van der Waals surface area contributed by atoms with Gasteiger partial charge in [-0.2, -0.15) is 5.26 Å². The molecule has 0 aromatic rings. The lowest BCUT2D eigenvalue weighted by Gasteiger charge is -2.37. The molecule has 4 heteroatoms. The zero-order chi connectivity index (χ0) is 11.1. The summed E-state index contributed by atoms with van der Waals surface area (Å²) in [4.78, 5) is 13.6. The number of nitriles is 1. The van der Waals surface area contributed by atoms with Crippen molar-refractivity contribution in [1.29, 1.82) is 5.26 Å². The molecule has 2 fully saturated rings. The van der Waals surface area contributed by atoms with Gasteiger partial charge in [0.1, 0.15) is 0 Å². The van der Waals surface area contributed by atoms with Gasteiger partial charge in [-0.05, 0) is 20.3 Å². The van der Waals surface area contributed by atoms with Crippen LogP contribution in [-0.4, -0.2) is 35.6 Å². The Bertz CT molecular complexity index is 323. The van der Waals surface area contributed by atoms with Crippen molar-refractivity contribution in [2.75, 3.05) is 13.2 Å². The third-order valence-corrected chi connectivity index (χ3v) is 3.78. The Hall–Kier alpha value is -1.08. The molecule has 3 atom stereocenters. The lowest BCUT2D eigenvalue weighted by molar-refractivity contribution is -0.134. The van der Waals surface area contributed by atoms with Crippen LogP contribution in [0, 0.1) is 17.2 Å². The molecule has 0 aromatic carbocycles. The van der Waals surface area contributed by atoms with Crippen LogP contribution in [0.4, 0.5) is 0 Å². The van der Waals surface area contributed by atoms with Crippen molar-refractivity contribution < 1.29 is 9.53 Å². The van der Waals surface area contributed by atoms with Crippen molar-refractivity contribution >= 4 is 5.91 Å². The van der Waals surface area contributed by atoms with Crippen LogP contribution >= 0.6 is 0 Å². The number of ether oxygens (including phenoxy) is 1. The molecule has 2 saturated heterocycles. The van der Waals surface area contributed by atoms with Gasteiger partial charge >= 0.3 is 0 Å². The van der Waals surface area contributed by atoms with E-state index in [1.54, 1.807) is 0 Å². The SMILES string of the molecule is CC1OCCC1(C)N1CC(C#N)CC1=O. The molecule has 1 amide bonds. The molecule has 0 N–H and O–H groups in total. The first-order valence-electron chi connectivity index (χ1n) is 5.39. The van der Waals surface area contributed by atoms with E-state index >= 15 is 0 Å². The second-order valence-electron chi connectivity index (χ2n) is 4.65. The Morgan fingerprint density at radius 1 is 1.67 bits per heavy atom. The smallest absolute Gasteiger partial charge is 0.224 e. The number of rotatable bonds is 1. The summed E-state index contributed by atoms with van der Waals surface area (Å²) in [5.41, 5.74) is -0.206. The molecule has 0 aliphatic carbocycles. The van der Waals surface area contributed by atoms with Gasteiger partial charge in [0, 0.05) is 19.6 Å². The number of carbonyl (C=O) groups is 1. The van der Waals surface area contributed by atoms with Gasteiger partial charge in [-0.3, -0.25) is 4.79 Å². The van der Waals surface area contributed by atoms with Crippen LogP contribution < -0.4 is 0 Å². The molecule has 4 nitrogen and oxygen atoms in total. The Morgan fingerprint density at radius 2 is 2.40 bits per heavy atom. The van der Waals surface area contributed by atoms with Gasteiger partial charge in [-0.25, -0.2) is 0 Å². The van der Waals surface area contributed by atoms with E-state index < -0.39 is 0 Å². The molecule has 2 aliphatic rings. The second-order valence-corrected chi connectivity index (χ2v) is 4.65. The van der Waals surface area contributed by atoms with E-state index in [0.29, 0.717) is 19.6 Å². The maximum Gasteiger partial charge on any atom is 0.224 e. The molecule has 2 heterocycles. The third kappa shape index (κ3) is 1.51. The highest BCUT2D eigenvalue weighted by atomic mass is 16.5. The zero-order valence-electron chi connectivity index (χ0n) is 9.19. The van der Waals surface area contributed by atoms with Crippen molar-refractivity contribution in [3.63, 3.8) is 0 Å². The first kappa shape index (κ1) is 10.4. The summed E-state index contributed by atoms with van der Waals surface area (Å²) in [6.45, 7) is 5.33. The minimum atomic E-state index is -0.206. The quantitative estimate of drug-likeness (QED) is 0.644. The second kappa shape index (κ2) is 3.49. The van der Waals surface area contributed by atoms with Gasteiger partial charge in [0.05, 0.1) is 23.6 Å². The van der Waals surface area contributed by atoms with Crippen LogP contribution in [-0.2, 0) is 9.53 Å². The molecule has 2 aliphatic heterocycles. The van der Waals surface area contributed by atoms with Gasteiger partial charge in [-0.1, -0.05) is 0 Å². The van der Waals surface area contributed by atoms with E-state index in [9.17, 15) is 4.79 Å². The molecule has 0 bridgehead atoms. The average Bonchev–Trinajstić information content (AvgIpc) is 2.73. The van der Waals surface area contributed by atoms with Crippen molar-refractivity contribution in [2.24, 2.45) is 5.92 Å². The fourth-order valence-corrected chi connectivity index (χ4v) is 2.47. The summed E-state index contributed by atoms with van der Waals surface area (Å²) < 4.78 is 5.52. The summed E-state index contributed by atoms with van der Waals surface area (Å²) >= 11 is 0.